The number of hydrogen-bond donors (Lipinski definition) is 2. The van der Waals surface area contributed by atoms with Gasteiger partial charge in [0.1, 0.15) is 0 Å². The predicted octanol–water partition coefficient (Wildman–Crippen LogP) is 0.317. The topological polar surface area (TPSA) is 81.4 Å². The maximum atomic E-state index is 11.5. The third-order valence-corrected chi connectivity index (χ3v) is 3.34. The van der Waals surface area contributed by atoms with Crippen molar-refractivity contribution in [3.8, 4) is 0 Å². The van der Waals surface area contributed by atoms with Crippen LogP contribution in [0.25, 0.3) is 0 Å². The zero-order valence-corrected chi connectivity index (χ0v) is 11.3. The fourth-order valence-electron chi connectivity index (χ4n) is 0.967. The Labute approximate surface area is 98.8 Å². The van der Waals surface area contributed by atoms with Gasteiger partial charge in [-0.25, -0.2) is 13.1 Å². The Morgan fingerprint density at radius 1 is 1.25 bits per heavy atom. The molecule has 0 bridgehead atoms. The van der Waals surface area contributed by atoms with Gasteiger partial charge in [-0.1, -0.05) is 20.8 Å². The zero-order valence-electron chi connectivity index (χ0n) is 10.5. The van der Waals surface area contributed by atoms with Gasteiger partial charge in [-0.2, -0.15) is 0 Å². The smallest absolute Gasteiger partial charge is 0.211 e. The third-order valence-electron chi connectivity index (χ3n) is 1.95. The summed E-state index contributed by atoms with van der Waals surface area (Å²) in [6, 6.07) is 0. The van der Waals surface area contributed by atoms with Gasteiger partial charge in [0.15, 0.2) is 0 Å². The number of sulfonamides is 1. The lowest BCUT2D eigenvalue weighted by atomic mass is 9.94. The van der Waals surface area contributed by atoms with Crippen molar-refractivity contribution >= 4 is 10.0 Å². The first-order chi connectivity index (χ1) is 7.27. The molecule has 0 unspecified atom stereocenters. The van der Waals surface area contributed by atoms with E-state index in [-0.39, 0.29) is 11.2 Å². The first-order valence-corrected chi connectivity index (χ1v) is 7.17. The number of nitrogens with one attached hydrogen (secondary N) is 1. The van der Waals surface area contributed by atoms with Gasteiger partial charge < -0.3 is 10.5 Å². The van der Waals surface area contributed by atoms with Crippen LogP contribution in [-0.2, 0) is 14.8 Å². The molecule has 5 nitrogen and oxygen atoms in total. The van der Waals surface area contributed by atoms with Crippen LogP contribution in [-0.4, -0.2) is 40.5 Å². The second kappa shape index (κ2) is 7.21. The van der Waals surface area contributed by atoms with E-state index in [4.69, 9.17) is 10.5 Å². The molecule has 0 aliphatic rings. The van der Waals surface area contributed by atoms with Gasteiger partial charge in [0.2, 0.25) is 10.0 Å². The van der Waals surface area contributed by atoms with Crippen molar-refractivity contribution in [1.82, 2.24) is 4.72 Å². The van der Waals surface area contributed by atoms with Gasteiger partial charge in [0.05, 0.1) is 19.0 Å². The van der Waals surface area contributed by atoms with Crippen molar-refractivity contribution in [1.29, 1.82) is 0 Å². The van der Waals surface area contributed by atoms with Crippen molar-refractivity contribution in [2.75, 3.05) is 32.1 Å². The minimum Gasteiger partial charge on any atom is -0.379 e. The monoisotopic (exact) mass is 252 g/mol. The minimum atomic E-state index is -3.16. The molecule has 16 heavy (non-hydrogen) atoms. The highest BCUT2D eigenvalue weighted by Crippen LogP contribution is 2.18. The van der Waals surface area contributed by atoms with Crippen LogP contribution in [0.5, 0.6) is 0 Å². The van der Waals surface area contributed by atoms with E-state index >= 15 is 0 Å². The molecule has 0 aromatic heterocycles. The zero-order chi connectivity index (χ0) is 12.7. The largest absolute Gasteiger partial charge is 0.379 e. The Morgan fingerprint density at radius 3 is 2.38 bits per heavy atom. The van der Waals surface area contributed by atoms with Crippen LogP contribution in [0.4, 0.5) is 0 Å². The fourth-order valence-corrected chi connectivity index (χ4v) is 2.39. The molecule has 0 amide bonds. The summed E-state index contributed by atoms with van der Waals surface area (Å²) in [6.07, 6.45) is 0.645. The lowest BCUT2D eigenvalue weighted by Crippen LogP contribution is -2.31. The molecular formula is C10H24N2O3S. The summed E-state index contributed by atoms with van der Waals surface area (Å²) < 4.78 is 30.6. The molecule has 0 atom stereocenters. The van der Waals surface area contributed by atoms with Crippen molar-refractivity contribution in [2.45, 2.75) is 27.2 Å². The number of rotatable bonds is 8. The number of nitrogens with two attached hydrogens (primary N) is 1. The first kappa shape index (κ1) is 15.8. The van der Waals surface area contributed by atoms with E-state index in [1.807, 2.05) is 20.8 Å². The van der Waals surface area contributed by atoms with Crippen LogP contribution in [0, 0.1) is 5.41 Å². The molecular weight excluding hydrogens is 228 g/mol. The molecule has 0 radical (unpaired) electrons. The highest BCUT2D eigenvalue weighted by molar-refractivity contribution is 7.89. The van der Waals surface area contributed by atoms with Crippen LogP contribution in [0.2, 0.25) is 0 Å². The lowest BCUT2D eigenvalue weighted by Gasteiger charge is -2.17. The van der Waals surface area contributed by atoms with E-state index in [1.165, 1.54) is 0 Å². The molecule has 0 rings (SSSR count). The fraction of sp³-hybridized carbons (Fsp3) is 1.00. The molecule has 0 aromatic rings. The van der Waals surface area contributed by atoms with Crippen molar-refractivity contribution in [3.63, 3.8) is 0 Å². The van der Waals surface area contributed by atoms with Gasteiger partial charge in [-0.15, -0.1) is 0 Å². The molecule has 0 spiro atoms. The third kappa shape index (κ3) is 10.4. The lowest BCUT2D eigenvalue weighted by molar-refractivity contribution is 0.147. The second-order valence-corrected chi connectivity index (χ2v) is 6.85. The van der Waals surface area contributed by atoms with Gasteiger partial charge in [-0.05, 0) is 11.8 Å². The Morgan fingerprint density at radius 2 is 1.88 bits per heavy atom. The minimum absolute atomic E-state index is 0.0325. The first-order valence-electron chi connectivity index (χ1n) is 5.52. The second-order valence-electron chi connectivity index (χ2n) is 4.92. The molecule has 3 N–H and O–H groups in total. The number of ether oxygens (including phenoxy) is 1. The average Bonchev–Trinajstić information content (AvgIpc) is 2.14. The van der Waals surface area contributed by atoms with Gasteiger partial charge in [-0.3, -0.25) is 0 Å². The maximum Gasteiger partial charge on any atom is 0.211 e. The maximum absolute atomic E-state index is 11.5. The van der Waals surface area contributed by atoms with E-state index in [0.29, 0.717) is 32.7 Å². The van der Waals surface area contributed by atoms with Crippen LogP contribution < -0.4 is 10.5 Å². The van der Waals surface area contributed by atoms with E-state index < -0.39 is 10.0 Å². The van der Waals surface area contributed by atoms with E-state index in [2.05, 4.69) is 4.72 Å². The van der Waals surface area contributed by atoms with Crippen LogP contribution in [0.3, 0.4) is 0 Å². The molecule has 0 aromatic carbocycles. The summed E-state index contributed by atoms with van der Waals surface area (Å²) in [6.45, 7) is 7.66. The van der Waals surface area contributed by atoms with Gasteiger partial charge in [0, 0.05) is 13.1 Å². The highest BCUT2D eigenvalue weighted by atomic mass is 32.2. The molecule has 0 fully saturated rings. The quantitative estimate of drug-likeness (QED) is 0.609. The molecule has 0 aliphatic carbocycles. The van der Waals surface area contributed by atoms with Crippen LogP contribution >= 0.6 is 0 Å². The predicted molar refractivity (Wildman–Crippen MR) is 65.7 cm³/mol. The molecule has 0 heterocycles. The SMILES string of the molecule is CC(C)(C)CCS(=O)(=O)NCCOCCN. The molecule has 0 aliphatic heterocycles. The summed E-state index contributed by atoms with van der Waals surface area (Å²) in [4.78, 5) is 0. The Hall–Kier alpha value is -0.170. The molecule has 6 heteroatoms. The van der Waals surface area contributed by atoms with Crippen molar-refractivity contribution in [3.05, 3.63) is 0 Å². The van der Waals surface area contributed by atoms with Gasteiger partial charge >= 0.3 is 0 Å². The summed E-state index contributed by atoms with van der Waals surface area (Å²) in [7, 11) is -3.16. The number of hydrogen-bond acceptors (Lipinski definition) is 4. The van der Waals surface area contributed by atoms with Crippen molar-refractivity contribution in [2.24, 2.45) is 11.1 Å². The Balaban J connectivity index is 3.71. The van der Waals surface area contributed by atoms with E-state index in [9.17, 15) is 8.42 Å². The average molecular weight is 252 g/mol. The molecule has 98 valence electrons. The van der Waals surface area contributed by atoms with E-state index in [1.54, 1.807) is 0 Å². The Bertz CT molecular complexity index is 270. The normalized spacial score (nSPS) is 13.0. The van der Waals surface area contributed by atoms with Crippen LogP contribution in [0.1, 0.15) is 27.2 Å². The van der Waals surface area contributed by atoms with Gasteiger partial charge in [0.25, 0.3) is 0 Å². The summed E-state index contributed by atoms with van der Waals surface area (Å²) >= 11 is 0. The summed E-state index contributed by atoms with van der Waals surface area (Å²) in [5.41, 5.74) is 5.26. The van der Waals surface area contributed by atoms with E-state index in [0.717, 1.165) is 0 Å². The molecule has 0 saturated heterocycles. The molecule has 0 saturated carbocycles. The van der Waals surface area contributed by atoms with Crippen molar-refractivity contribution < 1.29 is 13.2 Å². The Kier molecular flexibility index (Phi) is 7.14. The highest BCUT2D eigenvalue weighted by Gasteiger charge is 2.16. The standard InChI is InChI=1S/C10H24N2O3S/c1-10(2,3)4-9-16(13,14)12-6-8-15-7-5-11/h12H,4-9,11H2,1-3H3. The summed E-state index contributed by atoms with van der Waals surface area (Å²) in [5.74, 6) is 0.160. The van der Waals surface area contributed by atoms with Crippen LogP contribution in [0.15, 0.2) is 0 Å². The summed E-state index contributed by atoms with van der Waals surface area (Å²) in [5, 5.41) is 0.